The van der Waals surface area contributed by atoms with E-state index in [-0.39, 0.29) is 12.4 Å². The highest BCUT2D eigenvalue weighted by molar-refractivity contribution is 6.35. The van der Waals surface area contributed by atoms with Crippen molar-refractivity contribution in [2.45, 2.75) is 19.9 Å². The number of para-hydroxylation sites is 1. The summed E-state index contributed by atoms with van der Waals surface area (Å²) >= 11 is 12.1. The van der Waals surface area contributed by atoms with Crippen LogP contribution in [0.4, 0.5) is 0 Å². The molecule has 0 saturated carbocycles. The summed E-state index contributed by atoms with van der Waals surface area (Å²) in [4.78, 5) is 0. The molecule has 0 atom stereocenters. The maximum absolute atomic E-state index is 6.18. The highest BCUT2D eigenvalue weighted by atomic mass is 35.5. The summed E-state index contributed by atoms with van der Waals surface area (Å²) in [5.74, 6) is 1.56. The minimum atomic E-state index is 0. The first-order valence-corrected chi connectivity index (χ1v) is 8.34. The number of methoxy groups -OCH3 is 1. The molecule has 0 aliphatic heterocycles. The monoisotopic (exact) mass is 389 g/mol. The minimum Gasteiger partial charge on any atom is -0.493 e. The van der Waals surface area contributed by atoms with Crippen molar-refractivity contribution in [1.29, 1.82) is 0 Å². The van der Waals surface area contributed by atoms with Gasteiger partial charge in [-0.2, -0.15) is 0 Å². The van der Waals surface area contributed by atoms with E-state index in [4.69, 9.17) is 32.7 Å². The van der Waals surface area contributed by atoms with Crippen LogP contribution >= 0.6 is 35.6 Å². The molecule has 2 aromatic carbocycles. The number of ether oxygens (including phenoxy) is 2. The Kier molecular flexibility index (Phi) is 9.30. The Hall–Kier alpha value is -1.13. The number of nitrogens with one attached hydrogen (secondary N) is 1. The van der Waals surface area contributed by atoms with Gasteiger partial charge in [0.15, 0.2) is 11.5 Å². The third kappa shape index (κ3) is 5.75. The lowest BCUT2D eigenvalue weighted by atomic mass is 10.1. The predicted molar refractivity (Wildman–Crippen MR) is 103 cm³/mol. The predicted octanol–water partition coefficient (Wildman–Crippen LogP) is 5.15. The van der Waals surface area contributed by atoms with E-state index in [1.54, 1.807) is 13.2 Å². The molecule has 0 fully saturated rings. The van der Waals surface area contributed by atoms with E-state index in [9.17, 15) is 0 Å². The molecule has 0 unspecified atom stereocenters. The second-order valence-electron chi connectivity index (χ2n) is 5.04. The van der Waals surface area contributed by atoms with Gasteiger partial charge in [-0.05, 0) is 43.7 Å². The zero-order valence-corrected chi connectivity index (χ0v) is 16.1. The van der Waals surface area contributed by atoms with Gasteiger partial charge >= 0.3 is 0 Å². The summed E-state index contributed by atoms with van der Waals surface area (Å²) in [6, 6.07) is 11.5. The van der Waals surface area contributed by atoms with Gasteiger partial charge in [-0.15, -0.1) is 12.4 Å². The molecule has 0 aromatic heterocycles. The molecule has 6 heteroatoms. The number of halogens is 3. The van der Waals surface area contributed by atoms with Crippen LogP contribution in [0.3, 0.4) is 0 Å². The molecule has 0 bridgehead atoms. The number of rotatable bonds is 8. The van der Waals surface area contributed by atoms with E-state index in [0.29, 0.717) is 23.2 Å². The fourth-order valence-corrected chi connectivity index (χ4v) is 2.84. The lowest BCUT2D eigenvalue weighted by molar-refractivity contribution is 0.307. The highest BCUT2D eigenvalue weighted by Gasteiger charge is 2.09. The van der Waals surface area contributed by atoms with Crippen LogP contribution in [0.25, 0.3) is 0 Å². The summed E-state index contributed by atoms with van der Waals surface area (Å²) in [5.41, 5.74) is 2.16. The highest BCUT2D eigenvalue weighted by Crippen LogP contribution is 2.31. The maximum atomic E-state index is 6.18. The first kappa shape index (κ1) is 20.9. The van der Waals surface area contributed by atoms with Crippen molar-refractivity contribution in [1.82, 2.24) is 5.32 Å². The molecule has 24 heavy (non-hydrogen) atoms. The van der Waals surface area contributed by atoms with Crippen LogP contribution < -0.4 is 14.8 Å². The zero-order chi connectivity index (χ0) is 16.7. The Balaban J connectivity index is 0.00000288. The average Bonchev–Trinajstić information content (AvgIpc) is 2.54. The number of hydrogen-bond donors (Lipinski definition) is 1. The van der Waals surface area contributed by atoms with Crippen molar-refractivity contribution in [2.75, 3.05) is 20.3 Å². The standard InChI is InChI=1S/C18H21Cl2NO2.ClH/c1-3-23-18-14(5-4-6-17(18)22-2)12-21-10-9-13-7-8-15(19)11-16(13)20;/h4-8,11,21H,3,9-10,12H2,1-2H3;1H. The zero-order valence-electron chi connectivity index (χ0n) is 13.8. The van der Waals surface area contributed by atoms with Crippen molar-refractivity contribution in [2.24, 2.45) is 0 Å². The molecule has 0 heterocycles. The Morgan fingerprint density at radius 3 is 2.54 bits per heavy atom. The van der Waals surface area contributed by atoms with Crippen molar-refractivity contribution < 1.29 is 9.47 Å². The second-order valence-corrected chi connectivity index (χ2v) is 5.89. The van der Waals surface area contributed by atoms with Crippen LogP contribution in [0.2, 0.25) is 10.0 Å². The quantitative estimate of drug-likeness (QED) is 0.632. The Labute approximate surface area is 159 Å². The van der Waals surface area contributed by atoms with Crippen molar-refractivity contribution >= 4 is 35.6 Å². The molecule has 0 aliphatic carbocycles. The van der Waals surface area contributed by atoms with E-state index in [2.05, 4.69) is 5.32 Å². The first-order valence-electron chi connectivity index (χ1n) is 7.59. The lowest BCUT2D eigenvalue weighted by Gasteiger charge is -2.14. The van der Waals surface area contributed by atoms with Crippen LogP contribution in [0.1, 0.15) is 18.1 Å². The molecule has 3 nitrogen and oxygen atoms in total. The van der Waals surface area contributed by atoms with Crippen LogP contribution in [0, 0.1) is 0 Å². The smallest absolute Gasteiger partial charge is 0.165 e. The SMILES string of the molecule is CCOc1c(CNCCc2ccc(Cl)cc2Cl)cccc1OC.Cl. The Morgan fingerprint density at radius 1 is 1.08 bits per heavy atom. The first-order chi connectivity index (χ1) is 11.2. The van der Waals surface area contributed by atoms with Crippen LogP contribution in [-0.2, 0) is 13.0 Å². The summed E-state index contributed by atoms with van der Waals surface area (Å²) in [5, 5.41) is 4.78. The molecule has 0 spiro atoms. The molecular formula is C18H22Cl3NO2. The molecule has 2 rings (SSSR count). The largest absolute Gasteiger partial charge is 0.493 e. The van der Waals surface area contributed by atoms with Crippen LogP contribution in [0.15, 0.2) is 36.4 Å². The number of hydrogen-bond acceptors (Lipinski definition) is 3. The second kappa shape index (κ2) is 10.7. The third-order valence-electron chi connectivity index (χ3n) is 3.47. The van der Waals surface area contributed by atoms with Gasteiger partial charge in [0.1, 0.15) is 0 Å². The van der Waals surface area contributed by atoms with Gasteiger partial charge in [0.2, 0.25) is 0 Å². The van der Waals surface area contributed by atoms with Gasteiger partial charge in [0.05, 0.1) is 13.7 Å². The summed E-state index contributed by atoms with van der Waals surface area (Å²) in [6.45, 7) is 4.09. The van der Waals surface area contributed by atoms with E-state index >= 15 is 0 Å². The van der Waals surface area contributed by atoms with Gasteiger partial charge in [0, 0.05) is 22.2 Å². The number of benzene rings is 2. The maximum Gasteiger partial charge on any atom is 0.165 e. The fourth-order valence-electron chi connectivity index (χ4n) is 2.34. The summed E-state index contributed by atoms with van der Waals surface area (Å²) < 4.78 is 11.1. The molecule has 132 valence electrons. The van der Waals surface area contributed by atoms with E-state index < -0.39 is 0 Å². The molecule has 1 N–H and O–H groups in total. The van der Waals surface area contributed by atoms with E-state index in [1.165, 1.54) is 0 Å². The fraction of sp³-hybridized carbons (Fsp3) is 0.333. The molecule has 0 saturated heterocycles. The van der Waals surface area contributed by atoms with Gasteiger partial charge in [-0.1, -0.05) is 41.4 Å². The summed E-state index contributed by atoms with van der Waals surface area (Å²) in [7, 11) is 1.65. The van der Waals surface area contributed by atoms with Gasteiger partial charge in [-0.3, -0.25) is 0 Å². The molecule has 0 aliphatic rings. The van der Waals surface area contributed by atoms with Gasteiger partial charge < -0.3 is 14.8 Å². The Bertz CT molecular complexity index is 650. The molecule has 2 aromatic rings. The average molecular weight is 391 g/mol. The van der Waals surface area contributed by atoms with Crippen molar-refractivity contribution in [3.05, 3.63) is 57.6 Å². The normalized spacial score (nSPS) is 10.2. The van der Waals surface area contributed by atoms with E-state index in [1.807, 2.05) is 37.3 Å². The third-order valence-corrected chi connectivity index (χ3v) is 4.06. The van der Waals surface area contributed by atoms with Crippen molar-refractivity contribution in [3.8, 4) is 11.5 Å². The van der Waals surface area contributed by atoms with Crippen LogP contribution in [-0.4, -0.2) is 20.3 Å². The van der Waals surface area contributed by atoms with Gasteiger partial charge in [0.25, 0.3) is 0 Å². The van der Waals surface area contributed by atoms with Gasteiger partial charge in [-0.25, -0.2) is 0 Å². The topological polar surface area (TPSA) is 30.5 Å². The van der Waals surface area contributed by atoms with Crippen molar-refractivity contribution in [3.63, 3.8) is 0 Å². The molecule has 0 radical (unpaired) electrons. The van der Waals surface area contributed by atoms with E-state index in [0.717, 1.165) is 35.6 Å². The minimum absolute atomic E-state index is 0. The summed E-state index contributed by atoms with van der Waals surface area (Å²) in [6.07, 6.45) is 0.837. The molecule has 0 amide bonds. The lowest BCUT2D eigenvalue weighted by Crippen LogP contribution is -2.17. The Morgan fingerprint density at radius 2 is 1.88 bits per heavy atom. The van der Waals surface area contributed by atoms with Crippen LogP contribution in [0.5, 0.6) is 11.5 Å². The molecular weight excluding hydrogens is 369 g/mol.